The van der Waals surface area contributed by atoms with E-state index >= 15 is 0 Å². The smallest absolute Gasteiger partial charge is 0.251 e. The summed E-state index contributed by atoms with van der Waals surface area (Å²) in [5.74, 6) is -3.00. The van der Waals surface area contributed by atoms with Gasteiger partial charge in [-0.05, 0) is 35.4 Å². The second-order valence-electron chi connectivity index (χ2n) is 4.51. The van der Waals surface area contributed by atoms with Crippen LogP contribution in [0.2, 0.25) is 0 Å². The van der Waals surface area contributed by atoms with E-state index in [1.54, 1.807) is 6.07 Å². The Labute approximate surface area is 128 Å². The first-order valence-corrected chi connectivity index (χ1v) is 6.88. The predicted molar refractivity (Wildman–Crippen MR) is 77.9 cm³/mol. The highest BCUT2D eigenvalue weighted by Gasteiger charge is 2.21. The minimum Gasteiger partial charge on any atom is -0.395 e. The molecule has 6 heteroatoms. The Balaban J connectivity index is 2.56. The van der Waals surface area contributed by atoms with Crippen LogP contribution in [-0.2, 0) is 0 Å². The Bertz CT molecular complexity index is 671. The van der Waals surface area contributed by atoms with Crippen molar-refractivity contribution in [2.24, 2.45) is 5.73 Å². The van der Waals surface area contributed by atoms with Crippen LogP contribution in [0.25, 0.3) is 0 Å². The number of primary amides is 1. The van der Waals surface area contributed by atoms with Crippen LogP contribution in [0.3, 0.4) is 0 Å². The molecule has 2 rings (SSSR count). The summed E-state index contributed by atoms with van der Waals surface area (Å²) < 4.78 is 28.3. The van der Waals surface area contributed by atoms with Crippen molar-refractivity contribution in [3.63, 3.8) is 0 Å². The number of hydrogen-bond acceptors (Lipinski definition) is 2. The molecule has 0 unspecified atom stereocenters. The van der Waals surface area contributed by atoms with Gasteiger partial charge in [-0.3, -0.25) is 4.79 Å². The van der Waals surface area contributed by atoms with Gasteiger partial charge in [0.25, 0.3) is 5.91 Å². The van der Waals surface area contributed by atoms with Crippen molar-refractivity contribution >= 4 is 21.8 Å². The third kappa shape index (κ3) is 3.28. The summed E-state index contributed by atoms with van der Waals surface area (Å²) >= 11 is 3.15. The first kappa shape index (κ1) is 15.6. The van der Waals surface area contributed by atoms with Crippen molar-refractivity contribution in [2.75, 3.05) is 6.61 Å². The van der Waals surface area contributed by atoms with Crippen molar-refractivity contribution in [3.8, 4) is 0 Å². The van der Waals surface area contributed by atoms with Gasteiger partial charge in [-0.15, -0.1) is 0 Å². The standard InChI is InChI=1S/C15H12BrF2NO2/c16-9-4-8(5-10(17)6-9)13(7-20)11-2-1-3-12(14(11)18)15(19)21/h1-6,13,20H,7H2,(H2,19,21)/t13-/m0/s1. The van der Waals surface area contributed by atoms with Crippen LogP contribution in [0, 0.1) is 11.6 Å². The van der Waals surface area contributed by atoms with E-state index in [0.29, 0.717) is 10.0 Å². The maximum atomic E-state index is 14.3. The molecule has 1 atom stereocenters. The van der Waals surface area contributed by atoms with Gasteiger partial charge in [0.1, 0.15) is 11.6 Å². The molecule has 21 heavy (non-hydrogen) atoms. The number of hydrogen-bond donors (Lipinski definition) is 2. The molecule has 2 aromatic rings. The van der Waals surface area contributed by atoms with Gasteiger partial charge in [-0.1, -0.05) is 28.1 Å². The van der Waals surface area contributed by atoms with Gasteiger partial charge >= 0.3 is 0 Å². The Hall–Kier alpha value is -1.79. The fourth-order valence-electron chi connectivity index (χ4n) is 2.17. The summed E-state index contributed by atoms with van der Waals surface area (Å²) in [6.45, 7) is -0.435. The average molecular weight is 356 g/mol. The summed E-state index contributed by atoms with van der Waals surface area (Å²) in [5, 5.41) is 9.55. The molecule has 1 amide bonds. The molecule has 3 nitrogen and oxygen atoms in total. The highest BCUT2D eigenvalue weighted by atomic mass is 79.9. The molecule has 0 bridgehead atoms. The minimum atomic E-state index is -0.897. The molecule has 0 aliphatic rings. The molecule has 0 spiro atoms. The number of halogens is 3. The lowest BCUT2D eigenvalue weighted by Crippen LogP contribution is -2.16. The van der Waals surface area contributed by atoms with Crippen molar-refractivity contribution in [1.82, 2.24) is 0 Å². The molecule has 0 heterocycles. The van der Waals surface area contributed by atoms with Crippen LogP contribution in [0.15, 0.2) is 40.9 Å². The van der Waals surface area contributed by atoms with Crippen LogP contribution < -0.4 is 5.73 Å². The second kappa shape index (κ2) is 6.32. The predicted octanol–water partition coefficient (Wildman–Crippen LogP) is 2.95. The Morgan fingerprint density at radius 1 is 1.29 bits per heavy atom. The average Bonchev–Trinajstić information content (AvgIpc) is 2.40. The molecule has 0 radical (unpaired) electrons. The largest absolute Gasteiger partial charge is 0.395 e. The second-order valence-corrected chi connectivity index (χ2v) is 5.43. The molecular formula is C15H12BrF2NO2. The highest BCUT2D eigenvalue weighted by Crippen LogP contribution is 2.30. The third-order valence-corrected chi connectivity index (χ3v) is 3.60. The van der Waals surface area contributed by atoms with Crippen LogP contribution in [-0.4, -0.2) is 17.6 Å². The van der Waals surface area contributed by atoms with Gasteiger partial charge in [-0.2, -0.15) is 0 Å². The lowest BCUT2D eigenvalue weighted by Gasteiger charge is -2.17. The molecule has 110 valence electrons. The van der Waals surface area contributed by atoms with E-state index in [-0.39, 0.29) is 11.1 Å². The van der Waals surface area contributed by atoms with Crippen LogP contribution in [0.1, 0.15) is 27.4 Å². The van der Waals surface area contributed by atoms with Crippen LogP contribution >= 0.6 is 15.9 Å². The summed E-state index contributed by atoms with van der Waals surface area (Å²) in [6, 6.07) is 8.21. The molecule has 0 fully saturated rings. The van der Waals surface area contributed by atoms with Gasteiger partial charge in [0, 0.05) is 10.4 Å². The Kier molecular flexibility index (Phi) is 4.69. The van der Waals surface area contributed by atoms with Gasteiger partial charge in [0.15, 0.2) is 0 Å². The van der Waals surface area contributed by atoms with Crippen molar-refractivity contribution < 1.29 is 18.7 Å². The van der Waals surface area contributed by atoms with E-state index in [4.69, 9.17) is 5.73 Å². The highest BCUT2D eigenvalue weighted by molar-refractivity contribution is 9.10. The fraction of sp³-hybridized carbons (Fsp3) is 0.133. The van der Waals surface area contributed by atoms with E-state index in [9.17, 15) is 18.7 Å². The minimum absolute atomic E-state index is 0.0892. The molecule has 0 aliphatic carbocycles. The van der Waals surface area contributed by atoms with Gasteiger partial charge < -0.3 is 10.8 Å². The van der Waals surface area contributed by atoms with Crippen LogP contribution in [0.4, 0.5) is 8.78 Å². The van der Waals surface area contributed by atoms with E-state index in [2.05, 4.69) is 15.9 Å². The molecule has 3 N–H and O–H groups in total. The van der Waals surface area contributed by atoms with Crippen molar-refractivity contribution in [1.29, 1.82) is 0 Å². The molecular weight excluding hydrogens is 344 g/mol. The third-order valence-electron chi connectivity index (χ3n) is 3.14. The Morgan fingerprint density at radius 3 is 2.57 bits per heavy atom. The molecule has 0 aromatic heterocycles. The molecule has 0 saturated carbocycles. The van der Waals surface area contributed by atoms with E-state index in [0.717, 1.165) is 0 Å². The summed E-state index contributed by atoms with van der Waals surface area (Å²) in [7, 11) is 0. The van der Waals surface area contributed by atoms with E-state index < -0.39 is 30.1 Å². The zero-order valence-corrected chi connectivity index (χ0v) is 12.4. The Morgan fingerprint density at radius 2 is 2.00 bits per heavy atom. The maximum Gasteiger partial charge on any atom is 0.251 e. The lowest BCUT2D eigenvalue weighted by atomic mass is 9.90. The zero-order chi connectivity index (χ0) is 15.6. The van der Waals surface area contributed by atoms with Gasteiger partial charge in [0.05, 0.1) is 12.2 Å². The zero-order valence-electron chi connectivity index (χ0n) is 10.8. The summed E-state index contributed by atoms with van der Waals surface area (Å²) in [6.07, 6.45) is 0. The normalized spacial score (nSPS) is 12.2. The van der Waals surface area contributed by atoms with Crippen molar-refractivity contribution in [2.45, 2.75) is 5.92 Å². The number of rotatable bonds is 4. The molecule has 0 saturated heterocycles. The maximum absolute atomic E-state index is 14.3. The van der Waals surface area contributed by atoms with E-state index in [1.165, 1.54) is 30.3 Å². The summed E-state index contributed by atoms with van der Waals surface area (Å²) in [5.41, 5.74) is 5.32. The SMILES string of the molecule is NC(=O)c1cccc([C@@H](CO)c2cc(F)cc(Br)c2)c1F. The number of aliphatic hydroxyl groups is 1. The number of aliphatic hydroxyl groups excluding tert-OH is 1. The number of carbonyl (C=O) groups excluding carboxylic acids is 1. The monoisotopic (exact) mass is 355 g/mol. The first-order valence-electron chi connectivity index (χ1n) is 6.09. The van der Waals surface area contributed by atoms with Gasteiger partial charge in [-0.25, -0.2) is 8.78 Å². The molecule has 2 aromatic carbocycles. The summed E-state index contributed by atoms with van der Waals surface area (Å²) in [4.78, 5) is 11.2. The van der Waals surface area contributed by atoms with Crippen molar-refractivity contribution in [3.05, 3.63) is 69.2 Å². The fourth-order valence-corrected chi connectivity index (χ4v) is 2.65. The van der Waals surface area contributed by atoms with E-state index in [1.807, 2.05) is 0 Å². The van der Waals surface area contributed by atoms with Gasteiger partial charge in [0.2, 0.25) is 0 Å². The quantitative estimate of drug-likeness (QED) is 0.885. The number of benzene rings is 2. The number of carbonyl (C=O) groups is 1. The van der Waals surface area contributed by atoms with Crippen LogP contribution in [0.5, 0.6) is 0 Å². The first-order chi connectivity index (χ1) is 9.93. The molecule has 0 aliphatic heterocycles. The number of nitrogens with two attached hydrogens (primary N) is 1. The number of amides is 1. The lowest BCUT2D eigenvalue weighted by molar-refractivity contribution is 0.0996. The topological polar surface area (TPSA) is 63.3 Å².